The van der Waals surface area contributed by atoms with E-state index in [1.807, 2.05) is 6.07 Å². The van der Waals surface area contributed by atoms with Gasteiger partial charge in [0.05, 0.1) is 6.61 Å². The van der Waals surface area contributed by atoms with Gasteiger partial charge in [-0.2, -0.15) is 0 Å². The Balaban J connectivity index is 1.98. The zero-order chi connectivity index (χ0) is 13.5. The first-order valence-electron chi connectivity index (χ1n) is 6.14. The number of rotatable bonds is 3. The summed E-state index contributed by atoms with van der Waals surface area (Å²) in [6, 6.07) is 5.26. The number of carboxylic acid groups (broad SMARTS) is 1. The van der Waals surface area contributed by atoms with E-state index in [4.69, 9.17) is 9.39 Å². The van der Waals surface area contributed by atoms with E-state index in [0.29, 0.717) is 30.7 Å². The van der Waals surface area contributed by atoms with Crippen molar-refractivity contribution in [1.29, 1.82) is 0 Å². The van der Waals surface area contributed by atoms with Crippen LogP contribution in [0.3, 0.4) is 0 Å². The van der Waals surface area contributed by atoms with Crippen molar-refractivity contribution in [2.75, 3.05) is 0 Å². The molecule has 1 aromatic carbocycles. The summed E-state index contributed by atoms with van der Waals surface area (Å²) in [4.78, 5) is 11.4. The van der Waals surface area contributed by atoms with E-state index >= 15 is 0 Å². The summed E-state index contributed by atoms with van der Waals surface area (Å²) < 4.78 is 10.8. The molecule has 3 rings (SSSR count). The van der Waals surface area contributed by atoms with Crippen molar-refractivity contribution in [1.82, 2.24) is 0 Å². The fraction of sp³-hybridized carbons (Fsp3) is 0.308. The van der Waals surface area contributed by atoms with Crippen LogP contribution in [0.1, 0.15) is 18.4 Å². The third kappa shape index (κ3) is 1.93. The molecule has 19 heavy (non-hydrogen) atoms. The molecule has 1 aromatic rings. The van der Waals surface area contributed by atoms with E-state index in [-0.39, 0.29) is 0 Å². The summed E-state index contributed by atoms with van der Waals surface area (Å²) in [6.45, 7) is 0.309. The Bertz CT molecular complexity index is 556. The molecule has 1 unspecified atom stereocenters. The van der Waals surface area contributed by atoms with Crippen LogP contribution in [0.25, 0.3) is 0 Å². The van der Waals surface area contributed by atoms with Crippen LogP contribution in [0.15, 0.2) is 30.4 Å². The van der Waals surface area contributed by atoms with Crippen molar-refractivity contribution in [2.45, 2.75) is 25.0 Å². The maximum Gasteiger partial charge on any atom is 0.495 e. The van der Waals surface area contributed by atoms with Crippen LogP contribution in [0, 0.1) is 0 Å². The summed E-state index contributed by atoms with van der Waals surface area (Å²) >= 11 is 0. The topological polar surface area (TPSA) is 76.0 Å². The quantitative estimate of drug-likeness (QED) is 0.609. The predicted octanol–water partition coefficient (Wildman–Crippen LogP) is 0.456. The molecule has 0 aromatic heterocycles. The standard InChI is InChI=1S/C13H13BO5/c15-12(16)13(6-1-2-7-13)19-10-5-3-4-9-8-18-14(17)11(9)10/h1,3-6,17H,2,7-8H2,(H,15,16). The van der Waals surface area contributed by atoms with Crippen molar-refractivity contribution >= 4 is 18.6 Å². The zero-order valence-electron chi connectivity index (χ0n) is 10.2. The number of carboxylic acids is 1. The Labute approximate surface area is 110 Å². The number of hydrogen-bond donors (Lipinski definition) is 2. The lowest BCUT2D eigenvalue weighted by Crippen LogP contribution is -2.43. The van der Waals surface area contributed by atoms with Gasteiger partial charge in [-0.15, -0.1) is 0 Å². The number of carbonyl (C=O) groups is 1. The molecule has 2 aliphatic rings. The molecule has 0 radical (unpaired) electrons. The van der Waals surface area contributed by atoms with Gasteiger partial charge in [0.2, 0.25) is 5.60 Å². The predicted molar refractivity (Wildman–Crippen MR) is 68.2 cm³/mol. The summed E-state index contributed by atoms with van der Waals surface area (Å²) in [5.41, 5.74) is 0.0215. The van der Waals surface area contributed by atoms with E-state index in [1.165, 1.54) is 0 Å². The number of aliphatic carboxylic acids is 1. The van der Waals surface area contributed by atoms with Gasteiger partial charge in [-0.25, -0.2) is 4.79 Å². The molecule has 1 aliphatic carbocycles. The molecular weight excluding hydrogens is 247 g/mol. The maximum absolute atomic E-state index is 11.4. The van der Waals surface area contributed by atoms with E-state index in [2.05, 4.69) is 0 Å². The van der Waals surface area contributed by atoms with Gasteiger partial charge in [0.1, 0.15) is 5.75 Å². The van der Waals surface area contributed by atoms with Gasteiger partial charge in [0.25, 0.3) is 0 Å². The van der Waals surface area contributed by atoms with Gasteiger partial charge in [0.15, 0.2) is 0 Å². The highest BCUT2D eigenvalue weighted by Crippen LogP contribution is 2.30. The van der Waals surface area contributed by atoms with Crippen LogP contribution >= 0.6 is 0 Å². The summed E-state index contributed by atoms with van der Waals surface area (Å²) in [5, 5.41) is 19.2. The fourth-order valence-electron chi connectivity index (χ4n) is 2.49. The average molecular weight is 260 g/mol. The highest BCUT2D eigenvalue weighted by molar-refractivity contribution is 6.62. The van der Waals surface area contributed by atoms with Crippen molar-refractivity contribution < 1.29 is 24.3 Å². The molecule has 1 heterocycles. The minimum atomic E-state index is -1.34. The lowest BCUT2D eigenvalue weighted by atomic mass is 9.78. The molecule has 1 atom stereocenters. The Morgan fingerprint density at radius 3 is 3.00 bits per heavy atom. The van der Waals surface area contributed by atoms with E-state index in [0.717, 1.165) is 5.56 Å². The number of allylic oxidation sites excluding steroid dienone is 1. The van der Waals surface area contributed by atoms with Crippen LogP contribution < -0.4 is 10.2 Å². The SMILES string of the molecule is O=C(O)C1(Oc2cccc3c2B(O)OC3)C=CCC1. The second-order valence-corrected chi connectivity index (χ2v) is 4.73. The Morgan fingerprint density at radius 2 is 2.32 bits per heavy atom. The normalized spacial score (nSPS) is 24.6. The molecule has 2 N–H and O–H groups in total. The molecule has 0 saturated carbocycles. The van der Waals surface area contributed by atoms with Crippen LogP contribution in [0.2, 0.25) is 0 Å². The van der Waals surface area contributed by atoms with Crippen LogP contribution in [-0.2, 0) is 16.1 Å². The lowest BCUT2D eigenvalue weighted by molar-refractivity contribution is -0.150. The van der Waals surface area contributed by atoms with Gasteiger partial charge in [0, 0.05) is 11.9 Å². The van der Waals surface area contributed by atoms with E-state index in [1.54, 1.807) is 24.3 Å². The Morgan fingerprint density at radius 1 is 1.47 bits per heavy atom. The molecule has 0 amide bonds. The first-order valence-corrected chi connectivity index (χ1v) is 6.14. The van der Waals surface area contributed by atoms with Crippen molar-refractivity contribution in [2.24, 2.45) is 0 Å². The van der Waals surface area contributed by atoms with Crippen LogP contribution in [0.4, 0.5) is 0 Å². The second kappa shape index (κ2) is 4.40. The van der Waals surface area contributed by atoms with Crippen molar-refractivity contribution in [3.63, 3.8) is 0 Å². The molecule has 1 aliphatic heterocycles. The summed E-state index contributed by atoms with van der Waals surface area (Å²) in [6.07, 6.45) is 4.42. The zero-order valence-corrected chi connectivity index (χ0v) is 10.2. The third-order valence-corrected chi connectivity index (χ3v) is 3.52. The molecule has 0 bridgehead atoms. The average Bonchev–Trinajstić information content (AvgIpc) is 2.99. The monoisotopic (exact) mass is 260 g/mol. The molecule has 5 nitrogen and oxygen atoms in total. The number of benzene rings is 1. The molecular formula is C13H13BO5. The second-order valence-electron chi connectivity index (χ2n) is 4.73. The minimum Gasteiger partial charge on any atom is -0.478 e. The van der Waals surface area contributed by atoms with Crippen molar-refractivity contribution in [3.05, 3.63) is 35.9 Å². The highest BCUT2D eigenvalue weighted by Gasteiger charge is 2.42. The fourth-order valence-corrected chi connectivity index (χ4v) is 2.49. The molecule has 0 spiro atoms. The first-order chi connectivity index (χ1) is 9.12. The van der Waals surface area contributed by atoms with E-state index < -0.39 is 18.7 Å². The maximum atomic E-state index is 11.4. The third-order valence-electron chi connectivity index (χ3n) is 3.52. The Kier molecular flexibility index (Phi) is 2.84. The van der Waals surface area contributed by atoms with E-state index in [9.17, 15) is 14.9 Å². The van der Waals surface area contributed by atoms with Crippen LogP contribution in [0.5, 0.6) is 5.75 Å². The summed E-state index contributed by atoms with van der Waals surface area (Å²) in [5.74, 6) is -0.649. The van der Waals surface area contributed by atoms with Gasteiger partial charge in [-0.05, 0) is 24.1 Å². The van der Waals surface area contributed by atoms with Gasteiger partial charge >= 0.3 is 13.1 Å². The molecule has 98 valence electrons. The molecule has 0 saturated heterocycles. The largest absolute Gasteiger partial charge is 0.495 e. The van der Waals surface area contributed by atoms with Crippen LogP contribution in [-0.4, -0.2) is 28.8 Å². The number of fused-ring (bicyclic) bond motifs is 1. The summed E-state index contributed by atoms with van der Waals surface area (Å²) in [7, 11) is -1.05. The van der Waals surface area contributed by atoms with Gasteiger partial charge < -0.3 is 19.5 Å². The highest BCUT2D eigenvalue weighted by atomic mass is 16.5. The molecule has 6 heteroatoms. The smallest absolute Gasteiger partial charge is 0.478 e. The number of hydrogen-bond acceptors (Lipinski definition) is 4. The van der Waals surface area contributed by atoms with Gasteiger partial charge in [-0.1, -0.05) is 18.2 Å². The van der Waals surface area contributed by atoms with Crippen molar-refractivity contribution in [3.8, 4) is 5.75 Å². The molecule has 0 fully saturated rings. The lowest BCUT2D eigenvalue weighted by Gasteiger charge is -2.25. The first kappa shape index (κ1) is 12.3. The Hall–Kier alpha value is -1.79. The number of ether oxygens (including phenoxy) is 1. The minimum absolute atomic E-state index is 0.309. The van der Waals surface area contributed by atoms with Gasteiger partial charge in [-0.3, -0.25) is 0 Å².